The largest absolute Gasteiger partial charge is 0.493 e. The first-order valence-electron chi connectivity index (χ1n) is 17.3. The third-order valence-electron chi connectivity index (χ3n) is 9.40. The van der Waals surface area contributed by atoms with Gasteiger partial charge in [0.1, 0.15) is 17.4 Å². The van der Waals surface area contributed by atoms with Crippen LogP contribution in [-0.4, -0.2) is 61.1 Å². The molecule has 9 heteroatoms. The number of nitrogens with one attached hydrogen (secondary N) is 1. The van der Waals surface area contributed by atoms with E-state index in [4.69, 9.17) is 19.2 Å². The number of nitrogens with zero attached hydrogens (tertiary/aromatic N) is 2. The Morgan fingerprint density at radius 2 is 1.73 bits per heavy atom. The molecule has 0 spiro atoms. The first kappa shape index (κ1) is 35.6. The molecule has 2 saturated heterocycles. The summed E-state index contributed by atoms with van der Waals surface area (Å²) in [6, 6.07) is 14.4. The summed E-state index contributed by atoms with van der Waals surface area (Å²) in [7, 11) is 0. The molecule has 260 valence electrons. The summed E-state index contributed by atoms with van der Waals surface area (Å²) in [5.74, 6) is 0.636. The Balaban J connectivity index is 1.57. The molecule has 0 aliphatic carbocycles. The van der Waals surface area contributed by atoms with Crippen LogP contribution in [0.2, 0.25) is 0 Å². The summed E-state index contributed by atoms with van der Waals surface area (Å²) in [5, 5.41) is 14.3. The fraction of sp³-hybridized carbons (Fsp3) is 0.538. The second kappa shape index (κ2) is 15.2. The normalized spacial score (nSPS) is 17.6. The number of aliphatic carboxylic acids is 1. The summed E-state index contributed by atoms with van der Waals surface area (Å²) < 4.78 is 31.3. The predicted octanol–water partition coefficient (Wildman–Crippen LogP) is 8.22. The van der Waals surface area contributed by atoms with Gasteiger partial charge in [-0.3, -0.25) is 0 Å². The number of ether oxygens (including phenoxy) is 3. The van der Waals surface area contributed by atoms with Crippen molar-refractivity contribution >= 4 is 17.5 Å². The summed E-state index contributed by atoms with van der Waals surface area (Å²) >= 11 is 0. The van der Waals surface area contributed by atoms with Crippen LogP contribution in [0.1, 0.15) is 83.2 Å². The zero-order valence-electron chi connectivity index (χ0n) is 29.4. The Kier molecular flexibility index (Phi) is 11.3. The van der Waals surface area contributed by atoms with Gasteiger partial charge in [-0.1, -0.05) is 38.1 Å². The third-order valence-corrected chi connectivity index (χ3v) is 9.40. The molecule has 5 rings (SSSR count). The number of piperidine rings is 1. The van der Waals surface area contributed by atoms with Crippen LogP contribution < -0.4 is 15.0 Å². The van der Waals surface area contributed by atoms with Gasteiger partial charge in [-0.15, -0.1) is 0 Å². The number of halogens is 1. The fourth-order valence-corrected chi connectivity index (χ4v) is 6.51. The molecule has 48 heavy (non-hydrogen) atoms. The van der Waals surface area contributed by atoms with Crippen LogP contribution in [0, 0.1) is 24.1 Å². The molecule has 0 saturated carbocycles. The van der Waals surface area contributed by atoms with Gasteiger partial charge in [0.25, 0.3) is 0 Å². The highest BCUT2D eigenvalue weighted by molar-refractivity contribution is 5.92. The standard InChI is InChI=1S/C39H52FN3O5/c1-26-32(35(37(44)45)48-38(2,3)4)34(43-20-18-39(5,6)19-21-43)33(36(42-26)41-25-28-15-22-46-23-16-28)29-9-13-31(14-10-29)47-24-17-27-7-11-30(40)12-8-27/h7-14,28,35H,15-25H2,1-6H3,(H,41,42)(H,44,45)/t35-/m0/s1. The van der Waals surface area contributed by atoms with E-state index < -0.39 is 17.7 Å². The molecule has 0 unspecified atom stereocenters. The molecule has 2 aliphatic rings. The van der Waals surface area contributed by atoms with Crippen LogP contribution in [0.3, 0.4) is 0 Å². The van der Waals surface area contributed by atoms with E-state index in [1.807, 2.05) is 52.0 Å². The summed E-state index contributed by atoms with van der Waals surface area (Å²) in [6.45, 7) is 16.4. The first-order chi connectivity index (χ1) is 22.8. The Bertz CT molecular complexity index is 1520. The Hall–Kier alpha value is -3.69. The van der Waals surface area contributed by atoms with E-state index >= 15 is 0 Å². The van der Waals surface area contributed by atoms with Crippen LogP contribution in [-0.2, 0) is 20.7 Å². The van der Waals surface area contributed by atoms with Gasteiger partial charge in [-0.2, -0.15) is 0 Å². The van der Waals surface area contributed by atoms with Crippen molar-refractivity contribution in [2.75, 3.05) is 49.7 Å². The van der Waals surface area contributed by atoms with E-state index in [0.29, 0.717) is 30.2 Å². The number of aryl methyl sites for hydroxylation is 1. The summed E-state index contributed by atoms with van der Waals surface area (Å²) in [6.07, 6.45) is 3.40. The number of benzene rings is 2. The molecular weight excluding hydrogens is 609 g/mol. The lowest BCUT2D eigenvalue weighted by Crippen LogP contribution is -2.39. The zero-order valence-corrected chi connectivity index (χ0v) is 29.4. The first-order valence-corrected chi connectivity index (χ1v) is 17.3. The molecule has 2 aliphatic heterocycles. The van der Waals surface area contributed by atoms with Crippen LogP contribution in [0.25, 0.3) is 11.1 Å². The Morgan fingerprint density at radius 1 is 1.08 bits per heavy atom. The van der Waals surface area contributed by atoms with Crippen molar-refractivity contribution in [2.45, 2.75) is 85.4 Å². The van der Waals surface area contributed by atoms with E-state index in [1.54, 1.807) is 12.1 Å². The van der Waals surface area contributed by atoms with Gasteiger partial charge in [0, 0.05) is 56.1 Å². The molecule has 2 fully saturated rings. The topological polar surface area (TPSA) is 93.2 Å². The van der Waals surface area contributed by atoms with Crippen LogP contribution >= 0.6 is 0 Å². The summed E-state index contributed by atoms with van der Waals surface area (Å²) in [5.41, 5.74) is 4.43. The number of carbonyl (C=O) groups is 1. The average Bonchev–Trinajstić information content (AvgIpc) is 3.04. The van der Waals surface area contributed by atoms with Crippen LogP contribution in [0.15, 0.2) is 48.5 Å². The lowest BCUT2D eigenvalue weighted by Gasteiger charge is -2.41. The van der Waals surface area contributed by atoms with E-state index in [0.717, 1.165) is 92.5 Å². The molecule has 2 N–H and O–H groups in total. The third kappa shape index (κ3) is 9.26. The van der Waals surface area contributed by atoms with Crippen molar-refractivity contribution in [1.29, 1.82) is 0 Å². The SMILES string of the molecule is Cc1nc(NCC2CCOCC2)c(-c2ccc(OCCc3ccc(F)cc3)cc2)c(N2CCC(C)(C)CC2)c1[C@H](OC(C)(C)C)C(=O)O. The van der Waals surface area contributed by atoms with Crippen molar-refractivity contribution in [3.8, 4) is 16.9 Å². The van der Waals surface area contributed by atoms with Crippen molar-refractivity contribution < 1.29 is 28.5 Å². The smallest absolute Gasteiger partial charge is 0.337 e. The minimum atomic E-state index is -1.19. The van der Waals surface area contributed by atoms with Crippen molar-refractivity contribution in [3.05, 3.63) is 71.2 Å². The number of pyridine rings is 1. The number of hydrogen-bond acceptors (Lipinski definition) is 7. The maximum absolute atomic E-state index is 13.3. The number of hydrogen-bond donors (Lipinski definition) is 2. The number of anilines is 2. The highest BCUT2D eigenvalue weighted by Gasteiger charge is 2.37. The highest BCUT2D eigenvalue weighted by Crippen LogP contribution is 2.47. The molecule has 8 nitrogen and oxygen atoms in total. The van der Waals surface area contributed by atoms with Gasteiger partial charge in [0.2, 0.25) is 0 Å². The minimum Gasteiger partial charge on any atom is -0.493 e. The van der Waals surface area contributed by atoms with Gasteiger partial charge in [-0.05, 0) is 100 Å². The van der Waals surface area contributed by atoms with Crippen LogP contribution in [0.5, 0.6) is 5.75 Å². The van der Waals surface area contributed by atoms with E-state index in [2.05, 4.69) is 24.1 Å². The van der Waals surface area contributed by atoms with Gasteiger partial charge in [0.15, 0.2) is 6.10 Å². The van der Waals surface area contributed by atoms with Gasteiger partial charge >= 0.3 is 5.97 Å². The number of rotatable bonds is 12. The molecule has 0 bridgehead atoms. The molecule has 1 atom stereocenters. The monoisotopic (exact) mass is 661 g/mol. The average molecular weight is 662 g/mol. The van der Waals surface area contributed by atoms with Crippen molar-refractivity contribution in [3.63, 3.8) is 0 Å². The maximum atomic E-state index is 13.3. The highest BCUT2D eigenvalue weighted by atomic mass is 19.1. The molecule has 1 aromatic heterocycles. The van der Waals surface area contributed by atoms with Crippen molar-refractivity contribution in [1.82, 2.24) is 4.98 Å². The quantitative estimate of drug-likeness (QED) is 0.201. The minimum absolute atomic E-state index is 0.198. The second-order valence-corrected chi connectivity index (χ2v) is 15.0. The molecule has 0 amide bonds. The Labute approximate surface area is 285 Å². The lowest BCUT2D eigenvalue weighted by atomic mass is 9.82. The molecule has 2 aromatic carbocycles. The van der Waals surface area contributed by atoms with E-state index in [9.17, 15) is 14.3 Å². The van der Waals surface area contributed by atoms with Crippen molar-refractivity contribution in [2.24, 2.45) is 11.3 Å². The number of carboxylic acids is 1. The van der Waals surface area contributed by atoms with E-state index in [-0.39, 0.29) is 11.2 Å². The number of carboxylic acid groups (broad SMARTS) is 1. The zero-order chi connectivity index (χ0) is 34.5. The van der Waals surface area contributed by atoms with E-state index in [1.165, 1.54) is 12.1 Å². The maximum Gasteiger partial charge on any atom is 0.337 e. The molecule has 0 radical (unpaired) electrons. The lowest BCUT2D eigenvalue weighted by molar-refractivity contribution is -0.160. The second-order valence-electron chi connectivity index (χ2n) is 15.0. The number of aromatic nitrogens is 1. The van der Waals surface area contributed by atoms with Gasteiger partial charge in [0.05, 0.1) is 17.9 Å². The predicted molar refractivity (Wildman–Crippen MR) is 188 cm³/mol. The fourth-order valence-electron chi connectivity index (χ4n) is 6.51. The Morgan fingerprint density at radius 3 is 2.33 bits per heavy atom. The van der Waals surface area contributed by atoms with Gasteiger partial charge < -0.3 is 29.5 Å². The molecule has 3 heterocycles. The summed E-state index contributed by atoms with van der Waals surface area (Å²) in [4.78, 5) is 20.4. The van der Waals surface area contributed by atoms with Crippen LogP contribution in [0.4, 0.5) is 15.9 Å². The van der Waals surface area contributed by atoms with Gasteiger partial charge in [-0.25, -0.2) is 14.2 Å². The molecular formula is C39H52FN3O5. The molecule has 3 aromatic rings.